The standard InChI is InChI=1S/C13H16N4O2/c1-18-11-12(14)16-9-17-13(11)19-8-2-3-10-4-6-15-7-5-10/h4-7,9H,2-3,8H2,1H3,(H2,14,16,17). The molecular weight excluding hydrogens is 244 g/mol. The number of methoxy groups -OCH3 is 1. The third-order valence-corrected chi connectivity index (χ3v) is 2.60. The van der Waals surface area contributed by atoms with Gasteiger partial charge in [-0.2, -0.15) is 4.98 Å². The van der Waals surface area contributed by atoms with Gasteiger partial charge in [0, 0.05) is 12.4 Å². The minimum atomic E-state index is 0.279. The molecular formula is C13H16N4O2. The summed E-state index contributed by atoms with van der Waals surface area (Å²) in [6, 6.07) is 3.98. The molecule has 0 bridgehead atoms. The van der Waals surface area contributed by atoms with Crippen LogP contribution in [0.15, 0.2) is 30.9 Å². The lowest BCUT2D eigenvalue weighted by molar-refractivity contribution is 0.277. The molecule has 2 heterocycles. The zero-order chi connectivity index (χ0) is 13.5. The molecule has 0 aliphatic heterocycles. The topological polar surface area (TPSA) is 83.2 Å². The van der Waals surface area contributed by atoms with E-state index in [4.69, 9.17) is 15.2 Å². The number of nitrogens with zero attached hydrogens (tertiary/aromatic N) is 3. The summed E-state index contributed by atoms with van der Waals surface area (Å²) >= 11 is 0. The highest BCUT2D eigenvalue weighted by molar-refractivity contribution is 5.51. The first-order chi connectivity index (χ1) is 9.31. The van der Waals surface area contributed by atoms with Gasteiger partial charge in [0.1, 0.15) is 6.33 Å². The van der Waals surface area contributed by atoms with Crippen LogP contribution in [0, 0.1) is 0 Å². The Morgan fingerprint density at radius 3 is 2.74 bits per heavy atom. The Morgan fingerprint density at radius 2 is 2.00 bits per heavy atom. The fraction of sp³-hybridized carbons (Fsp3) is 0.308. The highest BCUT2D eigenvalue weighted by Crippen LogP contribution is 2.28. The summed E-state index contributed by atoms with van der Waals surface area (Å²) in [7, 11) is 1.51. The molecule has 6 heteroatoms. The summed E-state index contributed by atoms with van der Waals surface area (Å²) in [5, 5.41) is 0. The van der Waals surface area contributed by atoms with Crippen LogP contribution in [0.3, 0.4) is 0 Å². The van der Waals surface area contributed by atoms with Crippen molar-refractivity contribution in [1.82, 2.24) is 15.0 Å². The fourth-order valence-corrected chi connectivity index (χ4v) is 1.66. The highest BCUT2D eigenvalue weighted by Gasteiger charge is 2.10. The van der Waals surface area contributed by atoms with Crippen molar-refractivity contribution in [1.29, 1.82) is 0 Å². The lowest BCUT2D eigenvalue weighted by Crippen LogP contribution is -2.05. The summed E-state index contributed by atoms with van der Waals surface area (Å²) in [6.45, 7) is 0.537. The van der Waals surface area contributed by atoms with Gasteiger partial charge in [0.05, 0.1) is 13.7 Å². The van der Waals surface area contributed by atoms with Gasteiger partial charge in [0.2, 0.25) is 5.75 Å². The van der Waals surface area contributed by atoms with Gasteiger partial charge in [0.25, 0.3) is 5.88 Å². The molecule has 0 saturated heterocycles. The molecule has 100 valence electrons. The van der Waals surface area contributed by atoms with Crippen molar-refractivity contribution in [2.24, 2.45) is 0 Å². The number of nitrogens with two attached hydrogens (primary N) is 1. The highest BCUT2D eigenvalue weighted by atomic mass is 16.5. The van der Waals surface area contributed by atoms with Crippen LogP contribution in [0.5, 0.6) is 11.6 Å². The van der Waals surface area contributed by atoms with Gasteiger partial charge in [-0.15, -0.1) is 0 Å². The van der Waals surface area contributed by atoms with Crippen LogP contribution in [-0.4, -0.2) is 28.7 Å². The molecule has 0 aliphatic rings. The van der Waals surface area contributed by atoms with Gasteiger partial charge in [0.15, 0.2) is 5.82 Å². The zero-order valence-corrected chi connectivity index (χ0v) is 10.7. The maximum atomic E-state index is 5.66. The molecule has 0 aliphatic carbocycles. The van der Waals surface area contributed by atoms with E-state index >= 15 is 0 Å². The van der Waals surface area contributed by atoms with E-state index in [9.17, 15) is 0 Å². The van der Waals surface area contributed by atoms with Crippen molar-refractivity contribution >= 4 is 5.82 Å². The van der Waals surface area contributed by atoms with Crippen molar-refractivity contribution in [3.8, 4) is 11.6 Å². The van der Waals surface area contributed by atoms with Crippen molar-refractivity contribution in [3.63, 3.8) is 0 Å². The van der Waals surface area contributed by atoms with E-state index in [0.717, 1.165) is 12.8 Å². The molecule has 0 saturated carbocycles. The zero-order valence-electron chi connectivity index (χ0n) is 10.7. The lowest BCUT2D eigenvalue weighted by Gasteiger charge is -2.10. The Balaban J connectivity index is 1.85. The fourth-order valence-electron chi connectivity index (χ4n) is 1.66. The number of rotatable bonds is 6. The Kier molecular flexibility index (Phi) is 4.49. The summed E-state index contributed by atoms with van der Waals surface area (Å²) in [6.07, 6.45) is 6.72. The number of anilines is 1. The van der Waals surface area contributed by atoms with Crippen LogP contribution in [0.2, 0.25) is 0 Å². The van der Waals surface area contributed by atoms with Gasteiger partial charge in [-0.3, -0.25) is 4.98 Å². The number of aromatic nitrogens is 3. The molecule has 0 aromatic carbocycles. The van der Waals surface area contributed by atoms with Crippen LogP contribution in [-0.2, 0) is 6.42 Å². The molecule has 19 heavy (non-hydrogen) atoms. The first-order valence-electron chi connectivity index (χ1n) is 5.97. The normalized spacial score (nSPS) is 10.2. The average molecular weight is 260 g/mol. The largest absolute Gasteiger partial charge is 0.489 e. The molecule has 2 aromatic heterocycles. The van der Waals surface area contributed by atoms with E-state index in [1.165, 1.54) is 19.0 Å². The Hall–Kier alpha value is -2.37. The monoisotopic (exact) mass is 260 g/mol. The van der Waals surface area contributed by atoms with Gasteiger partial charge in [-0.05, 0) is 30.5 Å². The molecule has 2 aromatic rings. The second-order valence-corrected chi connectivity index (χ2v) is 3.90. The van der Waals surface area contributed by atoms with Crippen LogP contribution >= 0.6 is 0 Å². The predicted octanol–water partition coefficient (Wildman–Crippen LogP) is 1.47. The quantitative estimate of drug-likeness (QED) is 0.792. The second-order valence-electron chi connectivity index (χ2n) is 3.90. The van der Waals surface area contributed by atoms with Crippen LogP contribution in [0.1, 0.15) is 12.0 Å². The maximum absolute atomic E-state index is 5.66. The van der Waals surface area contributed by atoms with Gasteiger partial charge in [-0.1, -0.05) is 0 Å². The molecule has 0 unspecified atom stereocenters. The Labute approximate surface area is 111 Å². The molecule has 0 spiro atoms. The minimum absolute atomic E-state index is 0.279. The maximum Gasteiger partial charge on any atom is 0.262 e. The van der Waals surface area contributed by atoms with Crippen molar-refractivity contribution in [2.45, 2.75) is 12.8 Å². The van der Waals surface area contributed by atoms with E-state index < -0.39 is 0 Å². The van der Waals surface area contributed by atoms with Crippen LogP contribution in [0.25, 0.3) is 0 Å². The van der Waals surface area contributed by atoms with Crippen molar-refractivity contribution in [3.05, 3.63) is 36.4 Å². The third-order valence-electron chi connectivity index (χ3n) is 2.60. The Morgan fingerprint density at radius 1 is 1.21 bits per heavy atom. The summed E-state index contributed by atoms with van der Waals surface area (Å²) < 4.78 is 10.7. The minimum Gasteiger partial charge on any atom is -0.489 e. The van der Waals surface area contributed by atoms with E-state index in [2.05, 4.69) is 15.0 Å². The van der Waals surface area contributed by atoms with Gasteiger partial charge >= 0.3 is 0 Å². The number of hydrogen-bond acceptors (Lipinski definition) is 6. The number of hydrogen-bond donors (Lipinski definition) is 1. The van der Waals surface area contributed by atoms with E-state index in [1.807, 2.05) is 12.1 Å². The van der Waals surface area contributed by atoms with E-state index in [1.54, 1.807) is 12.4 Å². The molecule has 0 atom stereocenters. The van der Waals surface area contributed by atoms with Crippen molar-refractivity contribution in [2.75, 3.05) is 19.5 Å². The smallest absolute Gasteiger partial charge is 0.262 e. The first kappa shape index (κ1) is 13.1. The number of ether oxygens (including phenoxy) is 2. The Bertz CT molecular complexity index is 519. The van der Waals surface area contributed by atoms with Crippen LogP contribution < -0.4 is 15.2 Å². The summed E-state index contributed by atoms with van der Waals surface area (Å²) in [4.78, 5) is 11.8. The van der Waals surface area contributed by atoms with Gasteiger partial charge < -0.3 is 15.2 Å². The van der Waals surface area contributed by atoms with E-state index in [-0.39, 0.29) is 5.82 Å². The van der Waals surface area contributed by atoms with E-state index in [0.29, 0.717) is 18.2 Å². The van der Waals surface area contributed by atoms with Crippen LogP contribution in [0.4, 0.5) is 5.82 Å². The molecule has 0 amide bonds. The summed E-state index contributed by atoms with van der Waals surface area (Å²) in [5.74, 6) is 1.04. The number of nitrogen functional groups attached to an aromatic ring is 1. The molecule has 0 fully saturated rings. The average Bonchev–Trinajstić information content (AvgIpc) is 2.45. The molecule has 2 N–H and O–H groups in total. The second kappa shape index (κ2) is 6.53. The third kappa shape index (κ3) is 3.54. The predicted molar refractivity (Wildman–Crippen MR) is 71.0 cm³/mol. The van der Waals surface area contributed by atoms with Crippen molar-refractivity contribution < 1.29 is 9.47 Å². The molecule has 6 nitrogen and oxygen atoms in total. The number of aryl methyl sites for hydroxylation is 1. The first-order valence-corrected chi connectivity index (χ1v) is 5.97. The SMILES string of the molecule is COc1c(N)ncnc1OCCCc1ccncc1. The molecule has 2 rings (SSSR count). The molecule has 0 radical (unpaired) electrons. The summed E-state index contributed by atoms with van der Waals surface area (Å²) in [5.41, 5.74) is 6.89. The number of pyridine rings is 1. The lowest BCUT2D eigenvalue weighted by atomic mass is 10.1. The van der Waals surface area contributed by atoms with Gasteiger partial charge in [-0.25, -0.2) is 4.98 Å².